The Morgan fingerprint density at radius 3 is 3.00 bits per heavy atom. The van der Waals surface area contributed by atoms with Crippen LogP contribution in [-0.2, 0) is 9.53 Å². The number of hydrogen-bond acceptors (Lipinski definition) is 3. The van der Waals surface area contributed by atoms with E-state index >= 15 is 0 Å². The molecule has 0 bridgehead atoms. The average Bonchev–Trinajstić information content (AvgIpc) is 2.68. The third-order valence-corrected chi connectivity index (χ3v) is 2.56. The van der Waals surface area contributed by atoms with Crippen molar-refractivity contribution in [2.45, 2.75) is 25.9 Å². The molecule has 1 aliphatic rings. The molecule has 0 saturated carbocycles. The standard InChI is InChI=1S/C11H19NO3/c1-2-12(7-3-6-11(13)14)9-10-5-4-8-15-10/h3,6,10H,2,4-5,7-9H2,1H3,(H,13,14). The van der Waals surface area contributed by atoms with Gasteiger partial charge < -0.3 is 9.84 Å². The van der Waals surface area contributed by atoms with Crippen LogP contribution in [0.25, 0.3) is 0 Å². The van der Waals surface area contributed by atoms with E-state index in [9.17, 15) is 4.79 Å². The SMILES string of the molecule is CCN(CC=CC(=O)O)CC1CCCO1. The predicted octanol–water partition coefficient (Wildman–Crippen LogP) is 1.13. The van der Waals surface area contributed by atoms with Crippen molar-refractivity contribution in [2.24, 2.45) is 0 Å². The fourth-order valence-electron chi connectivity index (χ4n) is 1.71. The van der Waals surface area contributed by atoms with Crippen molar-refractivity contribution < 1.29 is 14.6 Å². The molecule has 0 aromatic rings. The molecule has 1 saturated heterocycles. The lowest BCUT2D eigenvalue weighted by Crippen LogP contribution is -2.32. The molecule has 15 heavy (non-hydrogen) atoms. The van der Waals surface area contributed by atoms with Crippen LogP contribution in [0.2, 0.25) is 0 Å². The van der Waals surface area contributed by atoms with Crippen molar-refractivity contribution in [3.8, 4) is 0 Å². The summed E-state index contributed by atoms with van der Waals surface area (Å²) in [4.78, 5) is 12.5. The van der Waals surface area contributed by atoms with Crippen LogP contribution >= 0.6 is 0 Å². The molecular weight excluding hydrogens is 194 g/mol. The van der Waals surface area contributed by atoms with Gasteiger partial charge in [0.2, 0.25) is 0 Å². The fraction of sp³-hybridized carbons (Fsp3) is 0.727. The molecule has 1 heterocycles. The summed E-state index contributed by atoms with van der Waals surface area (Å²) in [6, 6.07) is 0. The summed E-state index contributed by atoms with van der Waals surface area (Å²) in [6.07, 6.45) is 5.48. The number of aliphatic carboxylic acids is 1. The molecule has 1 atom stereocenters. The van der Waals surface area contributed by atoms with Crippen LogP contribution in [-0.4, -0.2) is 48.3 Å². The van der Waals surface area contributed by atoms with E-state index in [1.54, 1.807) is 6.08 Å². The zero-order chi connectivity index (χ0) is 11.1. The van der Waals surface area contributed by atoms with Crippen LogP contribution in [0.3, 0.4) is 0 Å². The largest absolute Gasteiger partial charge is 0.478 e. The Labute approximate surface area is 90.5 Å². The molecule has 1 aliphatic heterocycles. The molecule has 0 aromatic carbocycles. The molecule has 0 spiro atoms. The first-order chi connectivity index (χ1) is 7.22. The molecule has 0 aliphatic carbocycles. The highest BCUT2D eigenvalue weighted by Gasteiger charge is 2.17. The molecule has 1 N–H and O–H groups in total. The molecule has 4 nitrogen and oxygen atoms in total. The molecule has 4 heteroatoms. The molecule has 1 unspecified atom stereocenters. The Balaban J connectivity index is 2.25. The Hall–Kier alpha value is -0.870. The minimum atomic E-state index is -0.886. The lowest BCUT2D eigenvalue weighted by molar-refractivity contribution is -0.131. The molecule has 86 valence electrons. The molecule has 0 amide bonds. The summed E-state index contributed by atoms with van der Waals surface area (Å²) in [7, 11) is 0. The van der Waals surface area contributed by atoms with E-state index in [4.69, 9.17) is 9.84 Å². The Bertz CT molecular complexity index is 222. The zero-order valence-electron chi connectivity index (χ0n) is 9.19. The van der Waals surface area contributed by atoms with E-state index < -0.39 is 5.97 Å². The summed E-state index contributed by atoms with van der Waals surface area (Å²) in [5.74, 6) is -0.886. The minimum absolute atomic E-state index is 0.336. The second-order valence-corrected chi connectivity index (χ2v) is 3.73. The van der Waals surface area contributed by atoms with Gasteiger partial charge in [0.1, 0.15) is 0 Å². The van der Waals surface area contributed by atoms with Crippen LogP contribution in [0.4, 0.5) is 0 Å². The average molecular weight is 213 g/mol. The maximum atomic E-state index is 10.3. The Morgan fingerprint density at radius 2 is 2.47 bits per heavy atom. The van der Waals surface area contributed by atoms with E-state index in [0.29, 0.717) is 12.6 Å². The summed E-state index contributed by atoms with van der Waals surface area (Å²) in [6.45, 7) is 5.45. The Morgan fingerprint density at radius 1 is 1.67 bits per heavy atom. The van der Waals surface area contributed by atoms with Crippen molar-refractivity contribution in [3.63, 3.8) is 0 Å². The number of carbonyl (C=O) groups is 1. The zero-order valence-corrected chi connectivity index (χ0v) is 9.19. The lowest BCUT2D eigenvalue weighted by Gasteiger charge is -2.21. The monoisotopic (exact) mass is 213 g/mol. The first-order valence-electron chi connectivity index (χ1n) is 5.45. The lowest BCUT2D eigenvalue weighted by atomic mass is 10.2. The summed E-state index contributed by atoms with van der Waals surface area (Å²) < 4.78 is 5.53. The maximum absolute atomic E-state index is 10.3. The van der Waals surface area contributed by atoms with Crippen molar-refractivity contribution in [1.82, 2.24) is 4.90 Å². The summed E-state index contributed by atoms with van der Waals surface area (Å²) in [5.41, 5.74) is 0. The first kappa shape index (κ1) is 12.2. The van der Waals surface area contributed by atoms with Crippen LogP contribution in [0.5, 0.6) is 0 Å². The predicted molar refractivity (Wildman–Crippen MR) is 57.9 cm³/mol. The quantitative estimate of drug-likeness (QED) is 0.672. The van der Waals surface area contributed by atoms with Gasteiger partial charge in [-0.2, -0.15) is 0 Å². The summed E-state index contributed by atoms with van der Waals surface area (Å²) >= 11 is 0. The second kappa shape index (κ2) is 6.58. The van der Waals surface area contributed by atoms with E-state index in [-0.39, 0.29) is 0 Å². The first-order valence-corrected chi connectivity index (χ1v) is 5.45. The van der Waals surface area contributed by atoms with E-state index in [0.717, 1.165) is 32.5 Å². The van der Waals surface area contributed by atoms with Gasteiger partial charge in [-0.3, -0.25) is 4.90 Å². The van der Waals surface area contributed by atoms with Gasteiger partial charge in [-0.1, -0.05) is 13.0 Å². The molecule has 0 aromatic heterocycles. The minimum Gasteiger partial charge on any atom is -0.478 e. The molecule has 0 radical (unpaired) electrons. The smallest absolute Gasteiger partial charge is 0.328 e. The number of nitrogens with zero attached hydrogens (tertiary/aromatic N) is 1. The fourth-order valence-corrected chi connectivity index (χ4v) is 1.71. The van der Waals surface area contributed by atoms with Crippen molar-refractivity contribution in [3.05, 3.63) is 12.2 Å². The number of ether oxygens (including phenoxy) is 1. The maximum Gasteiger partial charge on any atom is 0.328 e. The van der Waals surface area contributed by atoms with Gasteiger partial charge in [0, 0.05) is 25.8 Å². The van der Waals surface area contributed by atoms with Gasteiger partial charge in [0.05, 0.1) is 6.10 Å². The number of likely N-dealkylation sites (N-methyl/N-ethyl adjacent to an activating group) is 1. The Kier molecular flexibility index (Phi) is 5.36. The highest BCUT2D eigenvalue weighted by molar-refractivity contribution is 5.79. The normalized spacial score (nSPS) is 21.6. The van der Waals surface area contributed by atoms with Crippen molar-refractivity contribution in [2.75, 3.05) is 26.2 Å². The van der Waals surface area contributed by atoms with Crippen molar-refractivity contribution in [1.29, 1.82) is 0 Å². The number of rotatable bonds is 6. The third kappa shape index (κ3) is 4.95. The van der Waals surface area contributed by atoms with Gasteiger partial charge in [0.15, 0.2) is 0 Å². The van der Waals surface area contributed by atoms with Gasteiger partial charge in [-0.05, 0) is 19.4 Å². The summed E-state index contributed by atoms with van der Waals surface area (Å²) in [5, 5.41) is 8.45. The molecular formula is C11H19NO3. The molecule has 1 fully saturated rings. The number of carboxylic acids is 1. The van der Waals surface area contributed by atoms with E-state index in [1.807, 2.05) is 0 Å². The molecule has 1 rings (SSSR count). The van der Waals surface area contributed by atoms with Gasteiger partial charge in [0.25, 0.3) is 0 Å². The highest BCUT2D eigenvalue weighted by Crippen LogP contribution is 2.13. The van der Waals surface area contributed by atoms with E-state index in [1.165, 1.54) is 6.08 Å². The van der Waals surface area contributed by atoms with Crippen LogP contribution in [0, 0.1) is 0 Å². The third-order valence-electron chi connectivity index (χ3n) is 2.56. The van der Waals surface area contributed by atoms with Crippen molar-refractivity contribution >= 4 is 5.97 Å². The van der Waals surface area contributed by atoms with Crippen LogP contribution in [0.15, 0.2) is 12.2 Å². The topological polar surface area (TPSA) is 49.8 Å². The van der Waals surface area contributed by atoms with Crippen LogP contribution < -0.4 is 0 Å². The van der Waals surface area contributed by atoms with Gasteiger partial charge >= 0.3 is 5.97 Å². The second-order valence-electron chi connectivity index (χ2n) is 3.73. The van der Waals surface area contributed by atoms with Gasteiger partial charge in [-0.25, -0.2) is 4.79 Å². The highest BCUT2D eigenvalue weighted by atomic mass is 16.5. The number of carboxylic acid groups (broad SMARTS) is 1. The number of hydrogen-bond donors (Lipinski definition) is 1. The van der Waals surface area contributed by atoms with E-state index in [2.05, 4.69) is 11.8 Å². The van der Waals surface area contributed by atoms with Crippen LogP contribution in [0.1, 0.15) is 19.8 Å². The van der Waals surface area contributed by atoms with Gasteiger partial charge in [-0.15, -0.1) is 0 Å².